The van der Waals surface area contributed by atoms with Crippen molar-refractivity contribution >= 4 is 25.1 Å². The van der Waals surface area contributed by atoms with Crippen LogP contribution in [0, 0.1) is 0 Å². The molecule has 1 nitrogen and oxygen atoms in total. The number of ketones is 1. The molecule has 0 N–H and O–H groups in total. The molecule has 0 amide bonds. The highest BCUT2D eigenvalue weighted by Crippen LogP contribution is 2.07. The second-order valence-electron chi connectivity index (χ2n) is 3.79. The van der Waals surface area contributed by atoms with Gasteiger partial charge in [0, 0.05) is 16.7 Å². The summed E-state index contributed by atoms with van der Waals surface area (Å²) >= 11 is 0. The van der Waals surface area contributed by atoms with E-state index in [2.05, 4.69) is 0 Å². The molecule has 2 rings (SSSR count). The molecule has 0 atom stereocenters. The highest BCUT2D eigenvalue weighted by atomic mass is 31.1. The molecular formula is C15H12FOP. The molecular weight excluding hydrogens is 246 g/mol. The smallest absolute Gasteiger partial charge is 0.190 e. The van der Waals surface area contributed by atoms with Crippen molar-refractivity contribution < 1.29 is 9.18 Å². The minimum atomic E-state index is -0.500. The predicted octanol–water partition coefficient (Wildman–Crippen LogP) is 3.41. The third kappa shape index (κ3) is 3.35. The van der Waals surface area contributed by atoms with Gasteiger partial charge in [-0.15, -0.1) is 0 Å². The lowest BCUT2D eigenvalue weighted by Crippen LogP contribution is -2.00. The second kappa shape index (κ2) is 6.23. The first-order valence-corrected chi connectivity index (χ1v) is 6.54. The van der Waals surface area contributed by atoms with Crippen molar-refractivity contribution in [3.05, 3.63) is 65.7 Å². The Bertz CT molecular complexity index is 546. The largest absolute Gasteiger partial charge is 0.289 e. The molecule has 0 aromatic heterocycles. The van der Waals surface area contributed by atoms with Crippen LogP contribution in [0.25, 0.3) is 0 Å². The minimum Gasteiger partial charge on any atom is -0.289 e. The molecule has 90 valence electrons. The van der Waals surface area contributed by atoms with E-state index in [1.807, 2.05) is 30.3 Å². The summed E-state index contributed by atoms with van der Waals surface area (Å²) in [4.78, 5) is 11.9. The van der Waals surface area contributed by atoms with E-state index in [1.54, 1.807) is 30.1 Å². The molecule has 0 bridgehead atoms. The van der Waals surface area contributed by atoms with Gasteiger partial charge in [-0.25, -0.2) is 4.39 Å². The summed E-state index contributed by atoms with van der Waals surface area (Å²) in [5.74, 6) is 1.59. The molecule has 2 aromatic rings. The van der Waals surface area contributed by atoms with E-state index in [9.17, 15) is 9.18 Å². The molecule has 18 heavy (non-hydrogen) atoms. The summed E-state index contributed by atoms with van der Waals surface area (Å²) < 4.78 is 12.3. The zero-order valence-electron chi connectivity index (χ0n) is 9.71. The van der Waals surface area contributed by atoms with Crippen LogP contribution in [0.1, 0.15) is 15.9 Å². The highest BCUT2D eigenvalue weighted by Gasteiger charge is 2.01. The summed E-state index contributed by atoms with van der Waals surface area (Å²) in [6, 6.07) is 16.4. The van der Waals surface area contributed by atoms with Crippen LogP contribution in [0.4, 0.5) is 4.39 Å². The van der Waals surface area contributed by atoms with E-state index in [0.29, 0.717) is 11.1 Å². The lowest BCUT2D eigenvalue weighted by molar-refractivity contribution is 0.107. The first-order chi connectivity index (χ1) is 8.79. The van der Waals surface area contributed by atoms with Gasteiger partial charge in [-0.05, 0) is 5.56 Å². The molecule has 3 heteroatoms. The Labute approximate surface area is 107 Å². The third-order valence-corrected chi connectivity index (χ3v) is 3.44. The Balaban J connectivity index is 2.09. The maximum Gasteiger partial charge on any atom is 0.190 e. The van der Waals surface area contributed by atoms with Crippen molar-refractivity contribution in [2.75, 3.05) is 0 Å². The van der Waals surface area contributed by atoms with Crippen molar-refractivity contribution in [3.8, 4) is 0 Å². The number of benzene rings is 2. The maximum atomic E-state index is 12.3. The van der Waals surface area contributed by atoms with Crippen LogP contribution in [0.5, 0.6) is 0 Å². The highest BCUT2D eigenvalue weighted by molar-refractivity contribution is 7.49. The number of rotatable bonds is 4. The van der Waals surface area contributed by atoms with E-state index in [-0.39, 0.29) is 5.78 Å². The third-order valence-electron chi connectivity index (χ3n) is 2.48. The summed E-state index contributed by atoms with van der Waals surface area (Å²) in [5, 5.41) is 1.08. The molecule has 0 aliphatic carbocycles. The van der Waals surface area contributed by atoms with E-state index < -0.39 is 6.67 Å². The molecule has 0 radical (unpaired) electrons. The lowest BCUT2D eigenvalue weighted by Gasteiger charge is -1.97. The van der Waals surface area contributed by atoms with Crippen LogP contribution >= 0.6 is 8.20 Å². The molecule has 2 aromatic carbocycles. The van der Waals surface area contributed by atoms with Crippen molar-refractivity contribution in [2.24, 2.45) is 0 Å². The van der Waals surface area contributed by atoms with E-state index in [0.717, 1.165) is 13.5 Å². The number of hydrogen-bond donors (Lipinski definition) is 0. The van der Waals surface area contributed by atoms with E-state index in [4.69, 9.17) is 0 Å². The van der Waals surface area contributed by atoms with Crippen molar-refractivity contribution in [1.82, 2.24) is 0 Å². The van der Waals surface area contributed by atoms with Crippen LogP contribution < -0.4 is 5.30 Å². The predicted molar refractivity (Wildman–Crippen MR) is 74.6 cm³/mol. The van der Waals surface area contributed by atoms with Gasteiger partial charge in [-0.1, -0.05) is 62.8 Å². The van der Waals surface area contributed by atoms with Gasteiger partial charge in [-0.3, -0.25) is 4.79 Å². The number of carbonyl (C=O) groups excluding carboxylic acids is 1. The van der Waals surface area contributed by atoms with Crippen LogP contribution in [0.2, 0.25) is 0 Å². The molecule has 0 saturated carbocycles. The van der Waals surface area contributed by atoms with Crippen molar-refractivity contribution in [2.45, 2.75) is 6.67 Å². The molecule has 0 fully saturated rings. The molecule has 0 aliphatic rings. The first-order valence-electron chi connectivity index (χ1n) is 5.58. The normalized spacial score (nSPS) is 10.7. The first kappa shape index (κ1) is 12.7. The number of Topliss-reactive ketones (excluding diaryl/α,β-unsaturated/α-hetero) is 1. The van der Waals surface area contributed by atoms with Gasteiger partial charge in [0.25, 0.3) is 0 Å². The topological polar surface area (TPSA) is 17.1 Å². The van der Waals surface area contributed by atoms with E-state index >= 15 is 0 Å². The van der Waals surface area contributed by atoms with E-state index in [1.165, 1.54) is 0 Å². The van der Waals surface area contributed by atoms with Gasteiger partial charge in [0.05, 0.1) is 0 Å². The number of carbonyl (C=O) groups is 1. The second-order valence-corrected chi connectivity index (χ2v) is 4.82. The fraction of sp³-hybridized carbons (Fsp3) is 0.0667. The quantitative estimate of drug-likeness (QED) is 0.606. The summed E-state index contributed by atoms with van der Waals surface area (Å²) in [6.45, 7) is -0.500. The van der Waals surface area contributed by atoms with Crippen LogP contribution in [0.15, 0.2) is 54.6 Å². The zero-order valence-corrected chi connectivity index (χ0v) is 10.6. The van der Waals surface area contributed by atoms with Crippen LogP contribution in [-0.2, 0) is 6.67 Å². The van der Waals surface area contributed by atoms with Gasteiger partial charge in [0.2, 0.25) is 0 Å². The number of hydrogen-bond acceptors (Lipinski definition) is 1. The van der Waals surface area contributed by atoms with Gasteiger partial charge >= 0.3 is 0 Å². The van der Waals surface area contributed by atoms with Crippen LogP contribution in [0.3, 0.4) is 0 Å². The molecule has 0 saturated heterocycles. The molecule has 0 heterocycles. The van der Waals surface area contributed by atoms with Gasteiger partial charge in [0.1, 0.15) is 6.67 Å². The summed E-state index contributed by atoms with van der Waals surface area (Å²) in [6.07, 6.45) is 0. The maximum absolute atomic E-state index is 12.3. The Morgan fingerprint density at radius 3 is 2.33 bits per heavy atom. The van der Waals surface area contributed by atoms with Crippen molar-refractivity contribution in [3.63, 3.8) is 0 Å². The summed E-state index contributed by atoms with van der Waals surface area (Å²) in [7, 11) is 0.872. The average molecular weight is 258 g/mol. The molecule has 0 unspecified atom stereocenters. The monoisotopic (exact) mass is 258 g/mol. The van der Waals surface area contributed by atoms with Gasteiger partial charge in [0.15, 0.2) is 5.78 Å². The number of alkyl halides is 1. The van der Waals surface area contributed by atoms with Gasteiger partial charge in [-0.2, -0.15) is 0 Å². The Hall–Kier alpha value is -1.79. The fourth-order valence-electron chi connectivity index (χ4n) is 1.48. The standard InChI is InChI=1S/C15H12FOP/c16-10-12-6-8-13(9-7-12)15(17)11-18-14-4-2-1-3-5-14/h1-9,11H,10H2. The Morgan fingerprint density at radius 1 is 1.06 bits per heavy atom. The fourth-order valence-corrected chi connectivity index (χ4v) is 2.24. The van der Waals surface area contributed by atoms with Crippen molar-refractivity contribution in [1.29, 1.82) is 0 Å². The minimum absolute atomic E-state index is 0.0362. The summed E-state index contributed by atoms with van der Waals surface area (Å²) in [5.41, 5.74) is 1.18. The van der Waals surface area contributed by atoms with Crippen LogP contribution in [-0.4, -0.2) is 11.6 Å². The SMILES string of the molecule is O=C(C=Pc1ccccc1)c1ccc(CF)cc1. The Morgan fingerprint density at radius 2 is 1.72 bits per heavy atom. The number of halogens is 1. The van der Waals surface area contributed by atoms with Gasteiger partial charge < -0.3 is 0 Å². The zero-order chi connectivity index (χ0) is 12.8. The molecule has 0 aliphatic heterocycles. The lowest BCUT2D eigenvalue weighted by atomic mass is 10.1. The average Bonchev–Trinajstić information content (AvgIpc) is 2.46. The molecule has 0 spiro atoms. The Kier molecular flexibility index (Phi) is 4.38.